The standard InChI is InChI=1S/C6H15O3P/c1-6(2,3)4-5-9-10(7)8/h7-8H,4-5H2,1-3H3. The fourth-order valence-electron chi connectivity index (χ4n) is 0.433. The molecule has 0 radical (unpaired) electrons. The van der Waals surface area contributed by atoms with Crippen LogP contribution in [0.2, 0.25) is 0 Å². The second-order valence-electron chi connectivity index (χ2n) is 3.40. The van der Waals surface area contributed by atoms with Crippen molar-refractivity contribution >= 4 is 8.60 Å². The van der Waals surface area contributed by atoms with Crippen molar-refractivity contribution in [1.82, 2.24) is 0 Å². The Balaban J connectivity index is 3.21. The monoisotopic (exact) mass is 166 g/mol. The fourth-order valence-corrected chi connectivity index (χ4v) is 0.688. The van der Waals surface area contributed by atoms with Crippen molar-refractivity contribution in [1.29, 1.82) is 0 Å². The Bertz CT molecular complexity index is 87.5. The molecule has 0 atom stereocenters. The van der Waals surface area contributed by atoms with E-state index in [-0.39, 0.29) is 5.41 Å². The third-order valence-electron chi connectivity index (χ3n) is 1.06. The smallest absolute Gasteiger partial charge is 0.327 e. The van der Waals surface area contributed by atoms with Crippen LogP contribution < -0.4 is 0 Å². The summed E-state index contributed by atoms with van der Waals surface area (Å²) < 4.78 is 4.59. The van der Waals surface area contributed by atoms with E-state index in [0.29, 0.717) is 6.61 Å². The van der Waals surface area contributed by atoms with E-state index in [1.165, 1.54) is 0 Å². The molecule has 0 aromatic rings. The lowest BCUT2D eigenvalue weighted by molar-refractivity contribution is 0.212. The minimum absolute atomic E-state index is 0.200. The average Bonchev–Trinajstić information content (AvgIpc) is 1.59. The Hall–Kier alpha value is 0.310. The van der Waals surface area contributed by atoms with Gasteiger partial charge in [-0.3, -0.25) is 0 Å². The normalized spacial score (nSPS) is 12.6. The maximum atomic E-state index is 8.35. The van der Waals surface area contributed by atoms with Gasteiger partial charge in [-0.25, -0.2) is 0 Å². The quantitative estimate of drug-likeness (QED) is 0.627. The molecular formula is C6H15O3P. The lowest BCUT2D eigenvalue weighted by Crippen LogP contribution is -2.08. The molecule has 0 aliphatic carbocycles. The van der Waals surface area contributed by atoms with Gasteiger partial charge in [-0.1, -0.05) is 20.8 Å². The molecule has 0 saturated heterocycles. The highest BCUT2D eigenvalue weighted by Crippen LogP contribution is 2.27. The van der Waals surface area contributed by atoms with E-state index in [1.807, 2.05) is 0 Å². The summed E-state index contributed by atoms with van der Waals surface area (Å²) in [7, 11) is -2.15. The SMILES string of the molecule is CC(C)(C)CCOP(O)O. The third-order valence-corrected chi connectivity index (χ3v) is 1.47. The maximum absolute atomic E-state index is 8.35. The number of hydrogen-bond donors (Lipinski definition) is 2. The second-order valence-corrected chi connectivity index (χ2v) is 4.16. The van der Waals surface area contributed by atoms with Gasteiger partial charge in [-0.2, -0.15) is 0 Å². The zero-order valence-corrected chi connectivity index (χ0v) is 7.56. The van der Waals surface area contributed by atoms with E-state index in [2.05, 4.69) is 25.3 Å². The second kappa shape index (κ2) is 4.24. The van der Waals surface area contributed by atoms with Crippen molar-refractivity contribution < 1.29 is 14.3 Å². The highest BCUT2D eigenvalue weighted by Gasteiger charge is 2.10. The molecule has 3 nitrogen and oxygen atoms in total. The summed E-state index contributed by atoms with van der Waals surface area (Å²) in [5.74, 6) is 0. The summed E-state index contributed by atoms with van der Waals surface area (Å²) in [4.78, 5) is 16.7. The van der Waals surface area contributed by atoms with Gasteiger partial charge in [-0.05, 0) is 11.8 Å². The molecule has 0 spiro atoms. The van der Waals surface area contributed by atoms with Gasteiger partial charge in [0.05, 0.1) is 6.61 Å². The molecule has 0 aromatic heterocycles. The fraction of sp³-hybridized carbons (Fsp3) is 1.00. The highest BCUT2D eigenvalue weighted by atomic mass is 31.2. The summed E-state index contributed by atoms with van der Waals surface area (Å²) in [5, 5.41) is 0. The van der Waals surface area contributed by atoms with E-state index in [4.69, 9.17) is 9.79 Å². The molecule has 0 amide bonds. The summed E-state index contributed by atoms with van der Waals surface area (Å²) in [5.41, 5.74) is 0.200. The Kier molecular flexibility index (Phi) is 4.37. The van der Waals surface area contributed by atoms with Crippen LogP contribution in [-0.2, 0) is 4.52 Å². The van der Waals surface area contributed by atoms with Gasteiger partial charge in [0.2, 0.25) is 0 Å². The van der Waals surface area contributed by atoms with Gasteiger partial charge in [0.1, 0.15) is 0 Å². The van der Waals surface area contributed by atoms with Crippen LogP contribution in [0.1, 0.15) is 27.2 Å². The van der Waals surface area contributed by atoms with Gasteiger partial charge >= 0.3 is 8.60 Å². The highest BCUT2D eigenvalue weighted by molar-refractivity contribution is 7.39. The Morgan fingerprint density at radius 3 is 2.10 bits per heavy atom. The molecule has 0 heterocycles. The van der Waals surface area contributed by atoms with Crippen LogP contribution in [0, 0.1) is 5.41 Å². The first-order valence-corrected chi connectivity index (χ1v) is 4.39. The Labute approximate surface area is 63.0 Å². The molecule has 4 heteroatoms. The largest absolute Gasteiger partial charge is 0.328 e. The summed E-state index contributed by atoms with van der Waals surface area (Å²) >= 11 is 0. The topological polar surface area (TPSA) is 49.7 Å². The zero-order valence-electron chi connectivity index (χ0n) is 6.66. The first kappa shape index (κ1) is 10.3. The van der Waals surface area contributed by atoms with Crippen molar-refractivity contribution in [2.75, 3.05) is 6.61 Å². The molecular weight excluding hydrogens is 151 g/mol. The Morgan fingerprint density at radius 2 is 1.80 bits per heavy atom. The molecule has 0 unspecified atom stereocenters. The van der Waals surface area contributed by atoms with E-state index in [9.17, 15) is 0 Å². The van der Waals surface area contributed by atoms with Gasteiger partial charge < -0.3 is 14.3 Å². The van der Waals surface area contributed by atoms with Crippen molar-refractivity contribution in [2.45, 2.75) is 27.2 Å². The van der Waals surface area contributed by atoms with E-state index in [0.717, 1.165) is 6.42 Å². The van der Waals surface area contributed by atoms with Gasteiger partial charge in [0, 0.05) is 0 Å². The molecule has 10 heavy (non-hydrogen) atoms. The van der Waals surface area contributed by atoms with Crippen molar-refractivity contribution in [2.24, 2.45) is 5.41 Å². The zero-order chi connectivity index (χ0) is 8.20. The van der Waals surface area contributed by atoms with Crippen molar-refractivity contribution in [3.05, 3.63) is 0 Å². The predicted octanol–water partition coefficient (Wildman–Crippen LogP) is 1.65. The first-order valence-electron chi connectivity index (χ1n) is 3.22. The van der Waals surface area contributed by atoms with Crippen LogP contribution in [0.3, 0.4) is 0 Å². The maximum Gasteiger partial charge on any atom is 0.327 e. The summed E-state index contributed by atoms with van der Waals surface area (Å²) in [6.07, 6.45) is 0.840. The van der Waals surface area contributed by atoms with Crippen LogP contribution in [-0.4, -0.2) is 16.4 Å². The van der Waals surface area contributed by atoms with E-state index < -0.39 is 8.60 Å². The number of rotatable bonds is 3. The van der Waals surface area contributed by atoms with Crippen molar-refractivity contribution in [3.8, 4) is 0 Å². The van der Waals surface area contributed by atoms with Crippen LogP contribution >= 0.6 is 8.60 Å². The van der Waals surface area contributed by atoms with Gasteiger partial charge in [-0.15, -0.1) is 0 Å². The van der Waals surface area contributed by atoms with Crippen LogP contribution in [0.4, 0.5) is 0 Å². The van der Waals surface area contributed by atoms with Gasteiger partial charge in [0.15, 0.2) is 0 Å². The van der Waals surface area contributed by atoms with E-state index in [1.54, 1.807) is 0 Å². The van der Waals surface area contributed by atoms with Crippen molar-refractivity contribution in [3.63, 3.8) is 0 Å². The lowest BCUT2D eigenvalue weighted by atomic mass is 9.93. The molecule has 0 aliphatic heterocycles. The molecule has 2 N–H and O–H groups in total. The molecule has 62 valence electrons. The predicted molar refractivity (Wildman–Crippen MR) is 41.4 cm³/mol. The number of hydrogen-bond acceptors (Lipinski definition) is 3. The third kappa shape index (κ3) is 8.31. The van der Waals surface area contributed by atoms with Crippen LogP contribution in [0.25, 0.3) is 0 Å². The summed E-state index contributed by atoms with van der Waals surface area (Å²) in [6, 6.07) is 0. The average molecular weight is 166 g/mol. The van der Waals surface area contributed by atoms with E-state index >= 15 is 0 Å². The minimum Gasteiger partial charge on any atom is -0.328 e. The Morgan fingerprint density at radius 1 is 1.30 bits per heavy atom. The van der Waals surface area contributed by atoms with Crippen LogP contribution in [0.15, 0.2) is 0 Å². The summed E-state index contributed by atoms with van der Waals surface area (Å²) in [6.45, 7) is 6.65. The molecule has 0 rings (SSSR count). The molecule has 0 fully saturated rings. The molecule has 0 saturated carbocycles. The minimum atomic E-state index is -2.15. The van der Waals surface area contributed by atoms with Crippen LogP contribution in [0.5, 0.6) is 0 Å². The molecule has 0 aliphatic rings. The molecule has 0 bridgehead atoms. The molecule has 0 aromatic carbocycles. The first-order chi connectivity index (χ1) is 4.42. The van der Waals surface area contributed by atoms with Gasteiger partial charge in [0.25, 0.3) is 0 Å². The lowest BCUT2D eigenvalue weighted by Gasteiger charge is -2.17.